The van der Waals surface area contributed by atoms with E-state index >= 15 is 0 Å². The number of ether oxygens (including phenoxy) is 1. The van der Waals surface area contributed by atoms with Gasteiger partial charge in [-0.2, -0.15) is 13.2 Å². The van der Waals surface area contributed by atoms with Crippen molar-refractivity contribution in [3.8, 4) is 0 Å². The number of likely N-dealkylation sites (tertiary alicyclic amines) is 1. The molecule has 0 saturated carbocycles. The van der Waals surface area contributed by atoms with E-state index in [0.29, 0.717) is 19.6 Å². The highest BCUT2D eigenvalue weighted by molar-refractivity contribution is 5.68. The van der Waals surface area contributed by atoms with Crippen molar-refractivity contribution in [3.63, 3.8) is 0 Å². The van der Waals surface area contributed by atoms with Gasteiger partial charge in [0, 0.05) is 26.2 Å². The van der Waals surface area contributed by atoms with Crippen LogP contribution in [0.4, 0.5) is 18.0 Å². The third kappa shape index (κ3) is 5.92. The molecule has 25 heavy (non-hydrogen) atoms. The van der Waals surface area contributed by atoms with Gasteiger partial charge in [-0.1, -0.05) is 18.2 Å². The molecule has 1 aliphatic heterocycles. The molecule has 1 fully saturated rings. The molecule has 2 rings (SSSR count). The first-order chi connectivity index (χ1) is 11.6. The number of benzene rings is 1. The molecule has 1 aliphatic rings. The number of hydrogen-bond acceptors (Lipinski definition) is 3. The topological polar surface area (TPSA) is 41.6 Å². The molecule has 1 saturated heterocycles. The molecule has 0 radical (unpaired) electrons. The largest absolute Gasteiger partial charge is 0.444 e. The Bertz CT molecular complexity index is 597. The number of alkyl halides is 3. The Hall–Kier alpha value is -1.76. The average Bonchev–Trinajstić information content (AvgIpc) is 2.94. The summed E-state index contributed by atoms with van der Waals surface area (Å²) in [4.78, 5) is 13.7. The number of carbonyl (C=O) groups is 1. The maximum atomic E-state index is 13.0. The van der Waals surface area contributed by atoms with Crippen LogP contribution in [0.5, 0.6) is 0 Å². The molecular weight excluding hydrogens is 333 g/mol. The second kappa shape index (κ2) is 7.64. The van der Waals surface area contributed by atoms with Gasteiger partial charge in [-0.15, -0.1) is 0 Å². The van der Waals surface area contributed by atoms with E-state index in [1.165, 1.54) is 12.1 Å². The van der Waals surface area contributed by atoms with E-state index in [4.69, 9.17) is 4.74 Å². The van der Waals surface area contributed by atoms with Gasteiger partial charge in [0.1, 0.15) is 5.60 Å². The van der Waals surface area contributed by atoms with E-state index in [1.807, 2.05) is 20.8 Å². The predicted octanol–water partition coefficient (Wildman–Crippen LogP) is 4.05. The molecular formula is C18H25F3N2O2. The average molecular weight is 358 g/mol. The maximum absolute atomic E-state index is 13.0. The van der Waals surface area contributed by atoms with E-state index in [9.17, 15) is 18.0 Å². The first kappa shape index (κ1) is 19.6. The van der Waals surface area contributed by atoms with Crippen LogP contribution in [0.25, 0.3) is 0 Å². The summed E-state index contributed by atoms with van der Waals surface area (Å²) in [6, 6.07) is 5.57. The van der Waals surface area contributed by atoms with Crippen LogP contribution in [0, 0.1) is 5.92 Å². The zero-order valence-corrected chi connectivity index (χ0v) is 14.8. The highest BCUT2D eigenvalue weighted by Crippen LogP contribution is 2.31. The fourth-order valence-electron chi connectivity index (χ4n) is 2.85. The smallest absolute Gasteiger partial charge is 0.416 e. The van der Waals surface area contributed by atoms with Gasteiger partial charge in [0.25, 0.3) is 0 Å². The van der Waals surface area contributed by atoms with Crippen LogP contribution in [0.15, 0.2) is 24.3 Å². The number of amides is 1. The lowest BCUT2D eigenvalue weighted by Crippen LogP contribution is -2.36. The highest BCUT2D eigenvalue weighted by Gasteiger charge is 2.33. The van der Waals surface area contributed by atoms with Crippen LogP contribution in [-0.4, -0.2) is 36.2 Å². The van der Waals surface area contributed by atoms with Crippen molar-refractivity contribution in [1.29, 1.82) is 0 Å². The van der Waals surface area contributed by atoms with Crippen molar-refractivity contribution >= 4 is 6.09 Å². The molecule has 4 nitrogen and oxygen atoms in total. The zero-order valence-electron chi connectivity index (χ0n) is 14.8. The summed E-state index contributed by atoms with van der Waals surface area (Å²) in [5.74, 6) is 0.213. The molecule has 0 aromatic heterocycles. The van der Waals surface area contributed by atoms with Crippen molar-refractivity contribution in [2.75, 3.05) is 19.6 Å². The minimum absolute atomic E-state index is 0.151. The zero-order chi connectivity index (χ0) is 18.7. The molecule has 1 N–H and O–H groups in total. The van der Waals surface area contributed by atoms with E-state index < -0.39 is 17.3 Å². The van der Waals surface area contributed by atoms with Gasteiger partial charge in [-0.25, -0.2) is 4.79 Å². The third-order valence-corrected chi connectivity index (χ3v) is 4.01. The lowest BCUT2D eigenvalue weighted by atomic mass is 10.1. The molecule has 1 atom stereocenters. The number of nitrogens with zero attached hydrogens (tertiary/aromatic N) is 1. The number of halogens is 3. The summed E-state index contributed by atoms with van der Waals surface area (Å²) in [7, 11) is 0. The van der Waals surface area contributed by atoms with Crippen LogP contribution in [0.2, 0.25) is 0 Å². The van der Waals surface area contributed by atoms with Crippen LogP contribution >= 0.6 is 0 Å². The van der Waals surface area contributed by atoms with Gasteiger partial charge in [-0.05, 0) is 44.7 Å². The van der Waals surface area contributed by atoms with Crippen molar-refractivity contribution in [3.05, 3.63) is 35.4 Å². The number of rotatable bonds is 4. The van der Waals surface area contributed by atoms with Gasteiger partial charge in [0.2, 0.25) is 0 Å². The van der Waals surface area contributed by atoms with Crippen molar-refractivity contribution < 1.29 is 22.7 Å². The quantitative estimate of drug-likeness (QED) is 0.883. The van der Waals surface area contributed by atoms with Crippen LogP contribution in [0.1, 0.15) is 38.3 Å². The SMILES string of the molecule is CC(C)(C)OC(=O)N1CC[C@@H](CNCc2ccccc2C(F)(F)F)C1. The molecule has 140 valence electrons. The van der Waals surface area contributed by atoms with E-state index in [1.54, 1.807) is 11.0 Å². The second-order valence-electron chi connectivity index (χ2n) is 7.37. The molecule has 0 spiro atoms. The Balaban J connectivity index is 1.82. The van der Waals surface area contributed by atoms with Gasteiger partial charge >= 0.3 is 12.3 Å². The van der Waals surface area contributed by atoms with E-state index in [0.717, 1.165) is 12.5 Å². The summed E-state index contributed by atoms with van der Waals surface area (Å²) >= 11 is 0. The lowest BCUT2D eigenvalue weighted by Gasteiger charge is -2.24. The molecule has 0 unspecified atom stereocenters. The summed E-state index contributed by atoms with van der Waals surface area (Å²) in [6.45, 7) is 7.33. The fraction of sp³-hybridized carbons (Fsp3) is 0.611. The fourth-order valence-corrected chi connectivity index (χ4v) is 2.85. The second-order valence-corrected chi connectivity index (χ2v) is 7.37. The summed E-state index contributed by atoms with van der Waals surface area (Å²) in [5.41, 5.74) is -0.907. The van der Waals surface area contributed by atoms with Crippen LogP contribution in [-0.2, 0) is 17.5 Å². The van der Waals surface area contributed by atoms with Crippen LogP contribution < -0.4 is 5.32 Å². The first-order valence-electron chi connectivity index (χ1n) is 8.40. The standard InChI is InChI=1S/C18H25F3N2O2/c1-17(2,3)25-16(24)23-9-8-13(12-23)10-22-11-14-6-4-5-7-15(14)18(19,20)21/h4-7,13,22H,8-12H2,1-3H3/t13-/m0/s1. The molecule has 7 heteroatoms. The Morgan fingerprint density at radius 3 is 2.60 bits per heavy atom. The normalized spacial score (nSPS) is 18.5. The predicted molar refractivity (Wildman–Crippen MR) is 89.1 cm³/mol. The summed E-state index contributed by atoms with van der Waals surface area (Å²) < 4.78 is 44.2. The monoisotopic (exact) mass is 358 g/mol. The minimum atomic E-state index is -4.35. The minimum Gasteiger partial charge on any atom is -0.444 e. The Labute approximate surface area is 146 Å². The highest BCUT2D eigenvalue weighted by atomic mass is 19.4. The van der Waals surface area contributed by atoms with Crippen molar-refractivity contribution in [2.45, 2.75) is 45.5 Å². The number of hydrogen-bond donors (Lipinski definition) is 1. The van der Waals surface area contributed by atoms with Gasteiger partial charge < -0.3 is 15.0 Å². The molecule has 1 amide bonds. The Kier molecular flexibility index (Phi) is 5.98. The molecule has 0 bridgehead atoms. The van der Waals surface area contributed by atoms with E-state index in [2.05, 4.69) is 5.32 Å². The Morgan fingerprint density at radius 2 is 1.96 bits per heavy atom. The summed E-state index contributed by atoms with van der Waals surface area (Å²) in [5, 5.41) is 3.09. The van der Waals surface area contributed by atoms with Gasteiger partial charge in [0.15, 0.2) is 0 Å². The van der Waals surface area contributed by atoms with E-state index in [-0.39, 0.29) is 24.1 Å². The number of carbonyl (C=O) groups excluding carboxylic acids is 1. The first-order valence-corrected chi connectivity index (χ1v) is 8.40. The van der Waals surface area contributed by atoms with Gasteiger partial charge in [0.05, 0.1) is 5.56 Å². The molecule has 1 aromatic rings. The molecule has 1 heterocycles. The third-order valence-electron chi connectivity index (χ3n) is 4.01. The molecule has 0 aliphatic carbocycles. The maximum Gasteiger partial charge on any atom is 0.416 e. The van der Waals surface area contributed by atoms with Crippen LogP contribution in [0.3, 0.4) is 0 Å². The lowest BCUT2D eigenvalue weighted by molar-refractivity contribution is -0.138. The number of nitrogens with one attached hydrogen (secondary N) is 1. The van der Waals surface area contributed by atoms with Crippen molar-refractivity contribution in [2.24, 2.45) is 5.92 Å². The summed E-state index contributed by atoms with van der Waals surface area (Å²) in [6.07, 6.45) is -3.87. The Morgan fingerprint density at radius 1 is 1.28 bits per heavy atom. The van der Waals surface area contributed by atoms with Gasteiger partial charge in [-0.3, -0.25) is 0 Å². The molecule has 1 aromatic carbocycles. The van der Waals surface area contributed by atoms with Crippen molar-refractivity contribution in [1.82, 2.24) is 10.2 Å².